The first-order valence-electron chi connectivity index (χ1n) is 6.49. The van der Waals surface area contributed by atoms with Crippen molar-refractivity contribution in [1.82, 2.24) is 0 Å². The van der Waals surface area contributed by atoms with E-state index in [9.17, 15) is 4.57 Å². The Morgan fingerprint density at radius 1 is 1.00 bits per heavy atom. The van der Waals surface area contributed by atoms with Gasteiger partial charge in [0, 0.05) is 0 Å². The van der Waals surface area contributed by atoms with Gasteiger partial charge < -0.3 is 0 Å². The highest BCUT2D eigenvalue weighted by molar-refractivity contribution is 7.48. The van der Waals surface area contributed by atoms with Gasteiger partial charge in [0.25, 0.3) is 0 Å². The molecule has 110 valence electrons. The van der Waals surface area contributed by atoms with Gasteiger partial charge >= 0.3 is 7.82 Å². The topological polar surface area (TPSA) is 44.8 Å². The molecule has 4 nitrogen and oxygen atoms in total. The number of benzene rings is 1. The SMILES string of the molecule is C=CCOP(=O)(OCC=C)OCCCc1ccccc1. The number of aryl methyl sites for hydroxylation is 1. The minimum Gasteiger partial charge on any atom is -0.287 e. The molecule has 0 aromatic heterocycles. The minimum atomic E-state index is -3.52. The highest BCUT2D eigenvalue weighted by Gasteiger charge is 2.25. The predicted octanol–water partition coefficient (Wildman–Crippen LogP) is 4.15. The number of phosphoric ester groups is 1. The zero-order valence-electron chi connectivity index (χ0n) is 11.6. The molecule has 0 aliphatic heterocycles. The van der Waals surface area contributed by atoms with Gasteiger partial charge in [-0.15, -0.1) is 13.2 Å². The van der Waals surface area contributed by atoms with Crippen LogP contribution in [0.2, 0.25) is 0 Å². The largest absolute Gasteiger partial charge is 0.475 e. The number of rotatable bonds is 11. The molecular weight excluding hydrogens is 275 g/mol. The molecule has 0 spiro atoms. The molecule has 0 radical (unpaired) electrons. The van der Waals surface area contributed by atoms with Crippen LogP contribution in [0.25, 0.3) is 0 Å². The molecule has 0 aliphatic carbocycles. The maximum absolute atomic E-state index is 12.2. The van der Waals surface area contributed by atoms with E-state index in [0.29, 0.717) is 6.61 Å². The van der Waals surface area contributed by atoms with Gasteiger partial charge in [-0.3, -0.25) is 13.6 Å². The summed E-state index contributed by atoms with van der Waals surface area (Å²) in [7, 11) is -3.52. The predicted molar refractivity (Wildman–Crippen MR) is 80.6 cm³/mol. The number of phosphoric acid groups is 1. The van der Waals surface area contributed by atoms with Crippen LogP contribution in [0, 0.1) is 0 Å². The first-order valence-corrected chi connectivity index (χ1v) is 7.95. The van der Waals surface area contributed by atoms with Gasteiger partial charge in [-0.25, -0.2) is 4.57 Å². The summed E-state index contributed by atoms with van der Waals surface area (Å²) in [6.45, 7) is 7.55. The van der Waals surface area contributed by atoms with Crippen molar-refractivity contribution in [2.24, 2.45) is 0 Å². The fourth-order valence-corrected chi connectivity index (χ4v) is 2.65. The normalized spacial score (nSPS) is 11.2. The standard InChI is InChI=1S/C15H21O4P/c1-3-12-17-20(16,18-13-4-2)19-14-8-11-15-9-6-5-7-10-15/h3-7,9-10H,1-2,8,11-14H2. The maximum atomic E-state index is 12.2. The third-order valence-electron chi connectivity index (χ3n) is 2.40. The van der Waals surface area contributed by atoms with E-state index in [1.54, 1.807) is 0 Å². The average Bonchev–Trinajstić information content (AvgIpc) is 2.49. The lowest BCUT2D eigenvalue weighted by Crippen LogP contribution is -2.03. The van der Waals surface area contributed by atoms with Crippen LogP contribution < -0.4 is 0 Å². The highest BCUT2D eigenvalue weighted by atomic mass is 31.2. The quantitative estimate of drug-likeness (QED) is 0.349. The lowest BCUT2D eigenvalue weighted by atomic mass is 10.1. The van der Waals surface area contributed by atoms with Crippen molar-refractivity contribution < 1.29 is 18.1 Å². The van der Waals surface area contributed by atoms with E-state index in [0.717, 1.165) is 12.8 Å². The van der Waals surface area contributed by atoms with Gasteiger partial charge in [0.2, 0.25) is 0 Å². The van der Waals surface area contributed by atoms with Gasteiger partial charge in [0.05, 0.1) is 19.8 Å². The lowest BCUT2D eigenvalue weighted by molar-refractivity contribution is 0.130. The summed E-state index contributed by atoms with van der Waals surface area (Å²) in [6, 6.07) is 10.0. The Hall–Kier alpha value is -1.19. The van der Waals surface area contributed by atoms with Crippen molar-refractivity contribution in [3.05, 3.63) is 61.2 Å². The fraction of sp³-hybridized carbons (Fsp3) is 0.333. The summed E-state index contributed by atoms with van der Waals surface area (Å²) in [5, 5.41) is 0. The second-order valence-corrected chi connectivity index (χ2v) is 5.71. The third kappa shape index (κ3) is 6.83. The molecule has 0 saturated carbocycles. The van der Waals surface area contributed by atoms with Crippen molar-refractivity contribution in [1.29, 1.82) is 0 Å². The van der Waals surface area contributed by atoms with Crippen LogP contribution in [-0.2, 0) is 24.6 Å². The van der Waals surface area contributed by atoms with Crippen molar-refractivity contribution in [3.63, 3.8) is 0 Å². The van der Waals surface area contributed by atoms with Crippen LogP contribution in [0.5, 0.6) is 0 Å². The minimum absolute atomic E-state index is 0.118. The molecule has 1 aromatic rings. The first kappa shape index (κ1) is 16.9. The molecule has 0 atom stereocenters. The Bertz CT molecular complexity index is 428. The van der Waals surface area contributed by atoms with Crippen LogP contribution in [0.3, 0.4) is 0 Å². The molecule has 1 rings (SSSR count). The van der Waals surface area contributed by atoms with Crippen LogP contribution in [0.15, 0.2) is 55.6 Å². The average molecular weight is 296 g/mol. The summed E-state index contributed by atoms with van der Waals surface area (Å²) in [4.78, 5) is 0. The zero-order chi connectivity index (χ0) is 14.7. The van der Waals surface area contributed by atoms with Crippen LogP contribution in [-0.4, -0.2) is 19.8 Å². The number of hydrogen-bond donors (Lipinski definition) is 0. The first-order chi connectivity index (χ1) is 9.70. The lowest BCUT2D eigenvalue weighted by Gasteiger charge is -2.16. The zero-order valence-corrected chi connectivity index (χ0v) is 12.5. The van der Waals surface area contributed by atoms with Crippen molar-refractivity contribution in [2.75, 3.05) is 19.8 Å². The maximum Gasteiger partial charge on any atom is 0.475 e. The van der Waals surface area contributed by atoms with E-state index >= 15 is 0 Å². The molecule has 0 saturated heterocycles. The van der Waals surface area contributed by atoms with Gasteiger partial charge in [0.1, 0.15) is 0 Å². The summed E-state index contributed by atoms with van der Waals surface area (Å²) < 4.78 is 27.6. The third-order valence-corrected chi connectivity index (χ3v) is 3.83. The summed E-state index contributed by atoms with van der Waals surface area (Å²) in [5.41, 5.74) is 1.21. The van der Waals surface area contributed by atoms with Crippen LogP contribution in [0.4, 0.5) is 0 Å². The Morgan fingerprint density at radius 2 is 1.60 bits per heavy atom. The van der Waals surface area contributed by atoms with Crippen molar-refractivity contribution in [3.8, 4) is 0 Å². The molecule has 0 unspecified atom stereocenters. The van der Waals surface area contributed by atoms with Crippen molar-refractivity contribution in [2.45, 2.75) is 12.8 Å². The van der Waals surface area contributed by atoms with E-state index in [1.807, 2.05) is 30.3 Å². The summed E-state index contributed by atoms with van der Waals surface area (Å²) >= 11 is 0. The van der Waals surface area contributed by atoms with E-state index in [2.05, 4.69) is 13.2 Å². The Balaban J connectivity index is 2.35. The molecule has 0 amide bonds. The van der Waals surface area contributed by atoms with E-state index in [4.69, 9.17) is 13.6 Å². The molecule has 0 bridgehead atoms. The molecule has 0 fully saturated rings. The molecular formula is C15H21O4P. The number of hydrogen-bond acceptors (Lipinski definition) is 4. The molecule has 1 aromatic carbocycles. The molecule has 0 N–H and O–H groups in total. The summed E-state index contributed by atoms with van der Waals surface area (Å²) in [5.74, 6) is 0. The van der Waals surface area contributed by atoms with Gasteiger partial charge in [-0.2, -0.15) is 0 Å². The van der Waals surface area contributed by atoms with Crippen LogP contribution >= 0.6 is 7.82 Å². The molecule has 20 heavy (non-hydrogen) atoms. The second kappa shape index (κ2) is 9.67. The van der Waals surface area contributed by atoms with Gasteiger partial charge in [-0.1, -0.05) is 42.5 Å². The molecule has 5 heteroatoms. The Morgan fingerprint density at radius 3 is 2.15 bits per heavy atom. The smallest absolute Gasteiger partial charge is 0.287 e. The monoisotopic (exact) mass is 296 g/mol. The van der Waals surface area contributed by atoms with Crippen molar-refractivity contribution >= 4 is 7.82 Å². The summed E-state index contributed by atoms with van der Waals surface area (Å²) in [6.07, 6.45) is 4.58. The Kier molecular flexibility index (Phi) is 8.16. The second-order valence-electron chi connectivity index (χ2n) is 4.04. The van der Waals surface area contributed by atoms with Gasteiger partial charge in [-0.05, 0) is 18.4 Å². The van der Waals surface area contributed by atoms with Gasteiger partial charge in [0.15, 0.2) is 0 Å². The molecule has 0 aliphatic rings. The molecule has 0 heterocycles. The van der Waals surface area contributed by atoms with E-state index in [1.165, 1.54) is 17.7 Å². The van der Waals surface area contributed by atoms with Crippen LogP contribution in [0.1, 0.15) is 12.0 Å². The van der Waals surface area contributed by atoms with E-state index in [-0.39, 0.29) is 13.2 Å². The highest BCUT2D eigenvalue weighted by Crippen LogP contribution is 2.49. The fourth-order valence-electron chi connectivity index (χ4n) is 1.50. The van der Waals surface area contributed by atoms with E-state index < -0.39 is 7.82 Å². The Labute approximate surface area is 120 Å².